The predicted molar refractivity (Wildman–Crippen MR) is 121 cm³/mol. The van der Waals surface area contributed by atoms with Crippen molar-refractivity contribution < 1.29 is 4.63 Å². The predicted octanol–water partition coefficient (Wildman–Crippen LogP) is 1.83. The fraction of sp³-hybridized carbons (Fsp3) is 0. The summed E-state index contributed by atoms with van der Waals surface area (Å²) in [5.41, 5.74) is 2.55. The second kappa shape index (κ2) is 19.2. The molecule has 14 nitrogen and oxygen atoms in total. The molecule has 0 aliphatic rings. The Labute approximate surface area is 199 Å². The first kappa shape index (κ1) is 25.7. The largest absolute Gasteiger partial charge is 0.241 e. The van der Waals surface area contributed by atoms with E-state index < -0.39 is 0 Å². The van der Waals surface area contributed by atoms with E-state index in [2.05, 4.69) is 120 Å². The first-order valence-corrected chi connectivity index (χ1v) is 9.73. The van der Waals surface area contributed by atoms with Crippen molar-refractivity contribution in [3.8, 4) is 11.1 Å². The molecular formula is C21H19N13O. The van der Waals surface area contributed by atoms with Gasteiger partial charge in [0.05, 0.1) is 23.9 Å². The minimum atomic E-state index is 1.22. The standard InChI is InChI=1S/C12H10.2C3H3N3.C2H2N4.CHN3O/c1-3-7-11(8-4-1)12-9-5-2-6-10-12;1-2-5-6-3-4-1;1-2-4-6-5-3-1;1-3-5-2-6-4-1;1-2-4-5-3-1/h1-10H;2*1-3H;1-2H;1H. The van der Waals surface area contributed by atoms with Crippen LogP contribution in [0.3, 0.4) is 0 Å². The molecule has 0 saturated carbocycles. The number of hydrogen-bond donors (Lipinski definition) is 0. The van der Waals surface area contributed by atoms with Gasteiger partial charge in [0.1, 0.15) is 6.33 Å². The van der Waals surface area contributed by atoms with E-state index in [0.29, 0.717) is 0 Å². The minimum absolute atomic E-state index is 1.22. The zero-order valence-electron chi connectivity index (χ0n) is 18.2. The van der Waals surface area contributed by atoms with E-state index in [0.717, 1.165) is 0 Å². The molecule has 35 heavy (non-hydrogen) atoms. The Morgan fingerprint density at radius 3 is 1.23 bits per heavy atom. The number of nitrogens with zero attached hydrogens (tertiary/aromatic N) is 13. The third-order valence-electron chi connectivity index (χ3n) is 3.26. The molecule has 0 aliphatic heterocycles. The van der Waals surface area contributed by atoms with Crippen molar-refractivity contribution in [2.75, 3.05) is 0 Å². The third-order valence-corrected chi connectivity index (χ3v) is 3.26. The minimum Gasteiger partial charge on any atom is -0.241 e. The lowest BCUT2D eigenvalue weighted by molar-refractivity contribution is 0.292. The van der Waals surface area contributed by atoms with Crippen LogP contribution < -0.4 is 0 Å². The number of rotatable bonds is 1. The van der Waals surface area contributed by atoms with Crippen LogP contribution in [0.15, 0.2) is 121 Å². The Hall–Kier alpha value is -5.53. The van der Waals surface area contributed by atoms with Gasteiger partial charge in [-0.3, -0.25) is 0 Å². The summed E-state index contributed by atoms with van der Waals surface area (Å²) in [5, 5.41) is 39.8. The highest BCUT2D eigenvalue weighted by molar-refractivity contribution is 5.62. The van der Waals surface area contributed by atoms with Gasteiger partial charge in [0, 0.05) is 6.20 Å². The van der Waals surface area contributed by atoms with Crippen molar-refractivity contribution in [2.45, 2.75) is 0 Å². The van der Waals surface area contributed by atoms with E-state index >= 15 is 0 Å². The quantitative estimate of drug-likeness (QED) is 0.340. The molecule has 0 N–H and O–H groups in total. The summed E-state index contributed by atoms with van der Waals surface area (Å²) in [6.07, 6.45) is 11.4. The first-order valence-electron chi connectivity index (χ1n) is 9.73. The molecule has 6 aromatic rings. The van der Waals surface area contributed by atoms with Crippen LogP contribution in [0.2, 0.25) is 0 Å². The highest BCUT2D eigenvalue weighted by Gasteiger charge is 1.91. The van der Waals surface area contributed by atoms with Crippen LogP contribution in [0.1, 0.15) is 0 Å². The van der Waals surface area contributed by atoms with Crippen molar-refractivity contribution >= 4 is 0 Å². The van der Waals surface area contributed by atoms with Gasteiger partial charge in [-0.15, -0.1) is 35.7 Å². The average Bonchev–Trinajstić information content (AvgIpc) is 3.59. The molecule has 0 atom stereocenters. The van der Waals surface area contributed by atoms with E-state index in [1.165, 1.54) is 42.6 Å². The zero-order chi connectivity index (χ0) is 24.5. The van der Waals surface area contributed by atoms with Gasteiger partial charge in [-0.05, 0) is 27.6 Å². The Balaban J connectivity index is 0.000000162. The summed E-state index contributed by atoms with van der Waals surface area (Å²) >= 11 is 0. The molecule has 0 fully saturated rings. The summed E-state index contributed by atoms with van der Waals surface area (Å²) in [6.45, 7) is 0. The average molecular weight is 469 g/mol. The molecule has 0 spiro atoms. The Morgan fingerprint density at radius 2 is 1.00 bits per heavy atom. The van der Waals surface area contributed by atoms with E-state index in [9.17, 15) is 0 Å². The lowest BCUT2D eigenvalue weighted by atomic mass is 10.1. The Bertz CT molecular complexity index is 963. The monoisotopic (exact) mass is 469 g/mol. The molecule has 0 saturated heterocycles. The smallest absolute Gasteiger partial charge is 0.183 e. The topological polar surface area (TPSA) is 181 Å². The molecule has 0 bridgehead atoms. The lowest BCUT2D eigenvalue weighted by Gasteiger charge is -1.98. The maximum Gasteiger partial charge on any atom is 0.183 e. The van der Waals surface area contributed by atoms with Crippen LogP contribution in [-0.2, 0) is 0 Å². The normalized spacial score (nSPS) is 8.57. The lowest BCUT2D eigenvalue weighted by Crippen LogP contribution is -1.81. The van der Waals surface area contributed by atoms with Gasteiger partial charge in [0.15, 0.2) is 19.0 Å². The molecule has 0 aliphatic carbocycles. The van der Waals surface area contributed by atoms with Crippen LogP contribution in [-0.4, -0.2) is 66.5 Å². The third kappa shape index (κ3) is 14.2. The van der Waals surface area contributed by atoms with Crippen LogP contribution in [0.25, 0.3) is 11.1 Å². The van der Waals surface area contributed by atoms with Gasteiger partial charge in [-0.1, -0.05) is 65.8 Å². The van der Waals surface area contributed by atoms with Gasteiger partial charge in [-0.25, -0.2) is 9.61 Å². The second-order valence-electron chi connectivity index (χ2n) is 5.53. The van der Waals surface area contributed by atoms with Gasteiger partial charge >= 0.3 is 0 Å². The van der Waals surface area contributed by atoms with Gasteiger partial charge in [-0.2, -0.15) is 5.10 Å². The van der Waals surface area contributed by atoms with E-state index in [1.54, 1.807) is 24.7 Å². The maximum atomic E-state index is 3.97. The van der Waals surface area contributed by atoms with E-state index in [4.69, 9.17) is 0 Å². The van der Waals surface area contributed by atoms with Crippen molar-refractivity contribution in [1.82, 2.24) is 66.5 Å². The van der Waals surface area contributed by atoms with Crippen molar-refractivity contribution in [3.05, 3.63) is 117 Å². The molecule has 0 radical (unpaired) electrons. The molecule has 4 aromatic heterocycles. The van der Waals surface area contributed by atoms with Crippen LogP contribution in [0.4, 0.5) is 0 Å². The first-order chi connectivity index (χ1) is 17.5. The SMILES string of the molecule is c1ccc(-c2ccccc2)cc1.c1cnncn1.c1cnnnc1.c1nncnn1.c1nnon1. The summed E-state index contributed by atoms with van der Waals surface area (Å²) in [5.74, 6) is 0. The molecule has 174 valence electrons. The number of benzene rings is 2. The Morgan fingerprint density at radius 1 is 0.429 bits per heavy atom. The zero-order valence-corrected chi connectivity index (χ0v) is 18.2. The summed E-state index contributed by atoms with van der Waals surface area (Å²) in [7, 11) is 0. The molecular weight excluding hydrogens is 450 g/mol. The van der Waals surface area contributed by atoms with Gasteiger partial charge in [0.25, 0.3) is 0 Å². The van der Waals surface area contributed by atoms with Gasteiger partial charge in [0.2, 0.25) is 0 Å². The van der Waals surface area contributed by atoms with Crippen LogP contribution in [0.5, 0.6) is 0 Å². The molecule has 6 rings (SSSR count). The molecule has 2 aromatic carbocycles. The van der Waals surface area contributed by atoms with E-state index in [1.807, 2.05) is 12.1 Å². The summed E-state index contributed by atoms with van der Waals surface area (Å²) < 4.78 is 3.97. The highest BCUT2D eigenvalue weighted by atomic mass is 16.6. The molecule has 4 heterocycles. The maximum absolute atomic E-state index is 3.97. The highest BCUT2D eigenvalue weighted by Crippen LogP contribution is 2.17. The van der Waals surface area contributed by atoms with Gasteiger partial charge < -0.3 is 0 Å². The molecule has 0 unspecified atom stereocenters. The summed E-state index contributed by atoms with van der Waals surface area (Å²) in [4.78, 5) is 3.61. The van der Waals surface area contributed by atoms with Crippen molar-refractivity contribution in [3.63, 3.8) is 0 Å². The second-order valence-corrected chi connectivity index (χ2v) is 5.53. The Kier molecular flexibility index (Phi) is 14.1. The van der Waals surface area contributed by atoms with Crippen LogP contribution in [0, 0.1) is 0 Å². The molecule has 14 heteroatoms. The van der Waals surface area contributed by atoms with E-state index in [-0.39, 0.29) is 0 Å². The van der Waals surface area contributed by atoms with Crippen molar-refractivity contribution in [1.29, 1.82) is 0 Å². The molecule has 0 amide bonds. The fourth-order valence-electron chi connectivity index (χ4n) is 1.94. The number of aromatic nitrogens is 13. The summed E-state index contributed by atoms with van der Waals surface area (Å²) in [6, 6.07) is 22.5. The fourth-order valence-corrected chi connectivity index (χ4v) is 1.94. The number of hydrogen-bond acceptors (Lipinski definition) is 14. The van der Waals surface area contributed by atoms with Crippen molar-refractivity contribution in [2.24, 2.45) is 0 Å². The van der Waals surface area contributed by atoms with Crippen LogP contribution >= 0.6 is 0 Å².